The first-order valence-electron chi connectivity index (χ1n) is 5.24. The van der Waals surface area contributed by atoms with Crippen molar-refractivity contribution in [2.45, 2.75) is 24.9 Å². The first-order chi connectivity index (χ1) is 8.42. The Morgan fingerprint density at radius 1 is 1.00 bits per heavy atom. The van der Waals surface area contributed by atoms with E-state index in [1.54, 1.807) is 0 Å². The SMILES string of the molecule is COC(=O)C(N)CCC(=O)OCC(N)C(=O)OC. The van der Waals surface area contributed by atoms with Crippen molar-refractivity contribution in [1.82, 2.24) is 0 Å². The third-order valence-corrected chi connectivity index (χ3v) is 2.09. The first kappa shape index (κ1) is 16.3. The van der Waals surface area contributed by atoms with Crippen LogP contribution >= 0.6 is 0 Å². The van der Waals surface area contributed by atoms with Gasteiger partial charge in [0.1, 0.15) is 18.7 Å². The van der Waals surface area contributed by atoms with Crippen LogP contribution in [0.25, 0.3) is 0 Å². The zero-order chi connectivity index (χ0) is 14.1. The second-order valence-electron chi connectivity index (χ2n) is 3.48. The van der Waals surface area contributed by atoms with Gasteiger partial charge in [0.05, 0.1) is 14.2 Å². The summed E-state index contributed by atoms with van der Waals surface area (Å²) in [5, 5.41) is 0. The molecule has 0 spiro atoms. The van der Waals surface area contributed by atoms with Crippen LogP contribution in [0.2, 0.25) is 0 Å². The second-order valence-corrected chi connectivity index (χ2v) is 3.48. The third kappa shape index (κ3) is 6.16. The molecule has 0 aromatic rings. The second kappa shape index (κ2) is 8.43. The van der Waals surface area contributed by atoms with Crippen LogP contribution in [-0.4, -0.2) is 50.8 Å². The van der Waals surface area contributed by atoms with Crippen molar-refractivity contribution < 1.29 is 28.6 Å². The van der Waals surface area contributed by atoms with Crippen LogP contribution in [0.15, 0.2) is 0 Å². The van der Waals surface area contributed by atoms with Crippen molar-refractivity contribution in [1.29, 1.82) is 0 Å². The molecule has 0 aliphatic rings. The Morgan fingerprint density at radius 2 is 1.50 bits per heavy atom. The van der Waals surface area contributed by atoms with E-state index >= 15 is 0 Å². The molecule has 18 heavy (non-hydrogen) atoms. The highest BCUT2D eigenvalue weighted by atomic mass is 16.5. The van der Waals surface area contributed by atoms with E-state index < -0.39 is 30.0 Å². The Kier molecular flexibility index (Phi) is 7.64. The van der Waals surface area contributed by atoms with E-state index in [1.165, 1.54) is 14.2 Å². The van der Waals surface area contributed by atoms with E-state index in [4.69, 9.17) is 16.2 Å². The molecule has 0 bridgehead atoms. The molecule has 0 radical (unpaired) electrons. The van der Waals surface area contributed by atoms with E-state index in [1.807, 2.05) is 0 Å². The Bertz CT molecular complexity index is 279. The summed E-state index contributed by atoms with van der Waals surface area (Å²) in [5.41, 5.74) is 10.8. The molecule has 0 aromatic carbocycles. The molecule has 0 aliphatic carbocycles. The van der Waals surface area contributed by atoms with E-state index in [2.05, 4.69) is 9.47 Å². The van der Waals surface area contributed by atoms with Gasteiger partial charge in [-0.15, -0.1) is 0 Å². The van der Waals surface area contributed by atoms with E-state index in [9.17, 15) is 14.4 Å². The summed E-state index contributed by atoms with van der Waals surface area (Å²) in [4.78, 5) is 33.1. The molecule has 8 heteroatoms. The summed E-state index contributed by atoms with van der Waals surface area (Å²) in [6, 6.07) is -1.90. The number of carbonyl (C=O) groups excluding carboxylic acids is 3. The van der Waals surface area contributed by atoms with Crippen molar-refractivity contribution in [3.63, 3.8) is 0 Å². The molecule has 0 saturated heterocycles. The van der Waals surface area contributed by atoms with E-state index in [0.717, 1.165) is 0 Å². The van der Waals surface area contributed by atoms with Gasteiger partial charge in [-0.1, -0.05) is 0 Å². The van der Waals surface area contributed by atoms with Gasteiger partial charge in [0.25, 0.3) is 0 Å². The summed E-state index contributed by atoms with van der Waals surface area (Å²) >= 11 is 0. The van der Waals surface area contributed by atoms with Gasteiger partial charge in [0.2, 0.25) is 0 Å². The minimum atomic E-state index is -1.02. The Balaban J connectivity index is 3.85. The molecular formula is C10H18N2O6. The van der Waals surface area contributed by atoms with Gasteiger partial charge in [-0.2, -0.15) is 0 Å². The molecule has 8 nitrogen and oxygen atoms in total. The Hall–Kier alpha value is -1.67. The average Bonchev–Trinajstić information content (AvgIpc) is 2.39. The standard InChI is InChI=1S/C10H18N2O6/c1-16-9(14)6(11)3-4-8(13)18-5-7(12)10(15)17-2/h6-7H,3-5,11-12H2,1-2H3. The minimum Gasteiger partial charge on any atom is -0.468 e. The summed E-state index contributed by atoms with van der Waals surface area (Å²) in [5.74, 6) is -1.88. The fraction of sp³-hybridized carbons (Fsp3) is 0.700. The van der Waals surface area contributed by atoms with Crippen LogP contribution in [0.4, 0.5) is 0 Å². The highest BCUT2D eigenvalue weighted by molar-refractivity contribution is 5.78. The number of ether oxygens (including phenoxy) is 3. The maximum Gasteiger partial charge on any atom is 0.326 e. The molecule has 0 aliphatic heterocycles. The van der Waals surface area contributed by atoms with Crippen molar-refractivity contribution in [2.24, 2.45) is 11.5 Å². The van der Waals surface area contributed by atoms with Gasteiger partial charge < -0.3 is 25.7 Å². The molecule has 2 unspecified atom stereocenters. The number of nitrogens with two attached hydrogens (primary N) is 2. The van der Waals surface area contributed by atoms with Crippen LogP contribution in [0.5, 0.6) is 0 Å². The van der Waals surface area contributed by atoms with Crippen LogP contribution in [-0.2, 0) is 28.6 Å². The van der Waals surface area contributed by atoms with Gasteiger partial charge in [-0.3, -0.25) is 14.4 Å². The minimum absolute atomic E-state index is 0.0653. The lowest BCUT2D eigenvalue weighted by atomic mass is 10.2. The third-order valence-electron chi connectivity index (χ3n) is 2.09. The number of methoxy groups -OCH3 is 2. The smallest absolute Gasteiger partial charge is 0.326 e. The lowest BCUT2D eigenvalue weighted by molar-refractivity contribution is -0.149. The highest BCUT2D eigenvalue weighted by Crippen LogP contribution is 1.99. The van der Waals surface area contributed by atoms with E-state index in [-0.39, 0.29) is 19.4 Å². The summed E-state index contributed by atoms with van der Waals surface area (Å²) < 4.78 is 13.5. The molecule has 0 aromatic heterocycles. The Labute approximate surface area is 105 Å². The van der Waals surface area contributed by atoms with Crippen molar-refractivity contribution in [2.75, 3.05) is 20.8 Å². The van der Waals surface area contributed by atoms with Crippen molar-refractivity contribution >= 4 is 17.9 Å². The molecule has 104 valence electrons. The predicted molar refractivity (Wildman–Crippen MR) is 60.2 cm³/mol. The predicted octanol–water partition coefficient (Wildman–Crippen LogP) is -1.69. The molecule has 4 N–H and O–H groups in total. The zero-order valence-corrected chi connectivity index (χ0v) is 10.4. The zero-order valence-electron chi connectivity index (χ0n) is 10.4. The maximum atomic E-state index is 11.2. The molecule has 2 atom stereocenters. The van der Waals surface area contributed by atoms with Crippen LogP contribution in [0.1, 0.15) is 12.8 Å². The fourth-order valence-electron chi connectivity index (χ4n) is 1.02. The molecule has 0 rings (SSSR count). The fourth-order valence-corrected chi connectivity index (χ4v) is 1.02. The van der Waals surface area contributed by atoms with Crippen LogP contribution in [0, 0.1) is 0 Å². The quantitative estimate of drug-likeness (QED) is 0.410. The van der Waals surface area contributed by atoms with Gasteiger partial charge in [0, 0.05) is 6.42 Å². The number of hydrogen-bond donors (Lipinski definition) is 2. The molecular weight excluding hydrogens is 244 g/mol. The molecule has 0 fully saturated rings. The monoisotopic (exact) mass is 262 g/mol. The van der Waals surface area contributed by atoms with E-state index in [0.29, 0.717) is 0 Å². The van der Waals surface area contributed by atoms with Gasteiger partial charge in [-0.25, -0.2) is 0 Å². The normalized spacial score (nSPS) is 13.3. The summed E-state index contributed by atoms with van der Waals surface area (Å²) in [6.07, 6.45) is 0.0309. The van der Waals surface area contributed by atoms with Crippen molar-refractivity contribution in [3.8, 4) is 0 Å². The molecule has 0 heterocycles. The Morgan fingerprint density at radius 3 is 2.00 bits per heavy atom. The summed E-state index contributed by atoms with van der Waals surface area (Å²) in [6.45, 7) is -0.279. The number of esters is 3. The molecule has 0 saturated carbocycles. The lowest BCUT2D eigenvalue weighted by Crippen LogP contribution is -2.37. The number of carbonyl (C=O) groups is 3. The van der Waals surface area contributed by atoms with Gasteiger partial charge in [-0.05, 0) is 6.42 Å². The maximum absolute atomic E-state index is 11.2. The first-order valence-corrected chi connectivity index (χ1v) is 5.24. The van der Waals surface area contributed by atoms with Crippen LogP contribution in [0.3, 0.4) is 0 Å². The van der Waals surface area contributed by atoms with Gasteiger partial charge in [0.15, 0.2) is 0 Å². The number of rotatable bonds is 7. The highest BCUT2D eigenvalue weighted by Gasteiger charge is 2.18. The average molecular weight is 262 g/mol. The largest absolute Gasteiger partial charge is 0.468 e. The van der Waals surface area contributed by atoms with Crippen LogP contribution < -0.4 is 11.5 Å². The molecule has 0 amide bonds. The number of hydrogen-bond acceptors (Lipinski definition) is 8. The lowest BCUT2D eigenvalue weighted by Gasteiger charge is -2.11. The summed E-state index contributed by atoms with van der Waals surface area (Å²) in [7, 11) is 2.38. The topological polar surface area (TPSA) is 131 Å². The van der Waals surface area contributed by atoms with Crippen molar-refractivity contribution in [3.05, 3.63) is 0 Å². The van der Waals surface area contributed by atoms with Gasteiger partial charge >= 0.3 is 17.9 Å².